The van der Waals surface area contributed by atoms with Gasteiger partial charge in [-0.25, -0.2) is 8.42 Å². The van der Waals surface area contributed by atoms with E-state index in [9.17, 15) is 8.42 Å². The van der Waals surface area contributed by atoms with Gasteiger partial charge in [0.1, 0.15) is 11.5 Å². The highest BCUT2D eigenvalue weighted by Gasteiger charge is 2.51. The lowest BCUT2D eigenvalue weighted by Gasteiger charge is -2.43. The number of nitrogens with zero attached hydrogens (tertiary/aromatic N) is 2. The Hall–Kier alpha value is -0.930. The first kappa shape index (κ1) is 19.8. The van der Waals surface area contributed by atoms with Gasteiger partial charge in [0.05, 0.1) is 31.1 Å². The molecule has 0 N–H and O–H groups in total. The molecule has 0 aromatic carbocycles. The van der Waals surface area contributed by atoms with Crippen LogP contribution in [0.3, 0.4) is 0 Å². The zero-order chi connectivity index (χ0) is 18.9. The molecule has 1 aromatic rings. The molecule has 148 valence electrons. The van der Waals surface area contributed by atoms with E-state index in [1.54, 1.807) is 14.2 Å². The average Bonchev–Trinajstić information content (AvgIpc) is 3.19. The van der Waals surface area contributed by atoms with Gasteiger partial charge >= 0.3 is 0 Å². The van der Waals surface area contributed by atoms with Gasteiger partial charge in [-0.05, 0) is 37.8 Å². The maximum Gasteiger partial charge on any atom is 0.211 e. The molecular formula is C18H30N2O5S. The first-order valence-electron chi connectivity index (χ1n) is 9.08. The molecular weight excluding hydrogens is 356 g/mol. The second kappa shape index (κ2) is 7.59. The van der Waals surface area contributed by atoms with Gasteiger partial charge < -0.3 is 13.9 Å². The van der Waals surface area contributed by atoms with Gasteiger partial charge in [-0.2, -0.15) is 4.31 Å². The van der Waals surface area contributed by atoms with Crippen molar-refractivity contribution < 1.29 is 22.3 Å². The van der Waals surface area contributed by atoms with E-state index in [-0.39, 0.29) is 18.2 Å². The maximum atomic E-state index is 11.6. The predicted octanol–water partition coefficient (Wildman–Crippen LogP) is 1.83. The molecule has 3 unspecified atom stereocenters. The number of ether oxygens (including phenoxy) is 2. The third-order valence-corrected chi connectivity index (χ3v) is 7.27. The standard InChI is InChI=1S/C18H30N2O5S/c1-19(26(4,21)22)12-15-5-6-16(25-15)13-20-10-9-18(24-3)8-7-14(23-2)11-17(18)20/h5-6,14,17H,7-13H2,1-4H3. The van der Waals surface area contributed by atoms with E-state index in [0.29, 0.717) is 18.3 Å². The van der Waals surface area contributed by atoms with Crippen molar-refractivity contribution in [2.75, 3.05) is 34.1 Å². The van der Waals surface area contributed by atoms with Crippen molar-refractivity contribution in [1.82, 2.24) is 9.21 Å². The summed E-state index contributed by atoms with van der Waals surface area (Å²) in [6.07, 6.45) is 5.52. The third kappa shape index (κ3) is 3.99. The molecule has 3 rings (SSSR count). The largest absolute Gasteiger partial charge is 0.463 e. The molecule has 8 heteroatoms. The Morgan fingerprint density at radius 1 is 1.31 bits per heavy atom. The Morgan fingerprint density at radius 2 is 2.04 bits per heavy atom. The highest BCUT2D eigenvalue weighted by Crippen LogP contribution is 2.43. The topological polar surface area (TPSA) is 72.2 Å². The van der Waals surface area contributed by atoms with Crippen LogP contribution in [0.25, 0.3) is 0 Å². The van der Waals surface area contributed by atoms with E-state index in [0.717, 1.165) is 38.0 Å². The summed E-state index contributed by atoms with van der Waals surface area (Å²) in [5.41, 5.74) is -0.0824. The van der Waals surface area contributed by atoms with Crippen molar-refractivity contribution in [2.45, 2.75) is 56.5 Å². The minimum Gasteiger partial charge on any atom is -0.463 e. The average molecular weight is 387 g/mol. The Bertz CT molecular complexity index is 719. The van der Waals surface area contributed by atoms with Crippen molar-refractivity contribution in [3.8, 4) is 0 Å². The first-order valence-corrected chi connectivity index (χ1v) is 10.9. The molecule has 1 aliphatic heterocycles. The normalized spacial score (nSPS) is 30.0. The number of rotatable bonds is 7. The zero-order valence-corrected chi connectivity index (χ0v) is 16.9. The molecule has 0 spiro atoms. The number of hydrogen-bond donors (Lipinski definition) is 0. The summed E-state index contributed by atoms with van der Waals surface area (Å²) >= 11 is 0. The van der Waals surface area contributed by atoms with Crippen LogP contribution in [-0.2, 0) is 32.6 Å². The first-order chi connectivity index (χ1) is 12.3. The van der Waals surface area contributed by atoms with Gasteiger partial charge in [0.2, 0.25) is 10.0 Å². The van der Waals surface area contributed by atoms with Crippen LogP contribution in [0.5, 0.6) is 0 Å². The molecule has 2 fully saturated rings. The van der Waals surface area contributed by atoms with E-state index >= 15 is 0 Å². The molecule has 7 nitrogen and oxygen atoms in total. The fourth-order valence-corrected chi connectivity index (χ4v) is 4.65. The van der Waals surface area contributed by atoms with Crippen molar-refractivity contribution >= 4 is 10.0 Å². The molecule has 1 aliphatic carbocycles. The van der Waals surface area contributed by atoms with Gasteiger partial charge in [0.15, 0.2) is 0 Å². The molecule has 26 heavy (non-hydrogen) atoms. The molecule has 1 saturated carbocycles. The van der Waals surface area contributed by atoms with E-state index < -0.39 is 10.0 Å². The van der Waals surface area contributed by atoms with Crippen LogP contribution in [0.15, 0.2) is 16.5 Å². The van der Waals surface area contributed by atoms with Crippen molar-refractivity contribution in [2.24, 2.45) is 0 Å². The summed E-state index contributed by atoms with van der Waals surface area (Å²) in [5, 5.41) is 0. The number of furan rings is 1. The molecule has 0 amide bonds. The van der Waals surface area contributed by atoms with Crippen molar-refractivity contribution in [3.05, 3.63) is 23.7 Å². The van der Waals surface area contributed by atoms with Gasteiger partial charge in [-0.15, -0.1) is 0 Å². The number of sulfonamides is 1. The Balaban J connectivity index is 1.67. The number of hydrogen-bond acceptors (Lipinski definition) is 6. The van der Waals surface area contributed by atoms with Crippen LogP contribution < -0.4 is 0 Å². The van der Waals surface area contributed by atoms with E-state index in [1.165, 1.54) is 10.6 Å². The molecule has 2 aliphatic rings. The molecule has 1 saturated heterocycles. The molecule has 1 aromatic heterocycles. The lowest BCUT2D eigenvalue weighted by Crippen LogP contribution is -2.51. The van der Waals surface area contributed by atoms with Gasteiger partial charge in [0, 0.05) is 33.9 Å². The summed E-state index contributed by atoms with van der Waals surface area (Å²) < 4.78 is 41.8. The lowest BCUT2D eigenvalue weighted by molar-refractivity contribution is -0.0952. The van der Waals surface area contributed by atoms with Crippen LogP contribution in [-0.4, -0.2) is 69.4 Å². The van der Waals surface area contributed by atoms with Crippen LogP contribution in [0, 0.1) is 0 Å². The second-order valence-corrected chi connectivity index (χ2v) is 9.61. The fourth-order valence-electron chi connectivity index (χ4n) is 4.29. The van der Waals surface area contributed by atoms with Gasteiger partial charge in [-0.1, -0.05) is 0 Å². The fraction of sp³-hybridized carbons (Fsp3) is 0.778. The van der Waals surface area contributed by atoms with E-state index in [1.807, 2.05) is 19.2 Å². The van der Waals surface area contributed by atoms with Crippen LogP contribution in [0.4, 0.5) is 0 Å². The third-order valence-electron chi connectivity index (χ3n) is 6.01. The van der Waals surface area contributed by atoms with E-state index in [2.05, 4.69) is 4.90 Å². The number of methoxy groups -OCH3 is 2. The molecule has 3 atom stereocenters. The summed E-state index contributed by atoms with van der Waals surface area (Å²) in [6.45, 7) is 1.92. The zero-order valence-electron chi connectivity index (χ0n) is 16.1. The Labute approximate surface area is 156 Å². The smallest absolute Gasteiger partial charge is 0.211 e. The van der Waals surface area contributed by atoms with Crippen molar-refractivity contribution in [3.63, 3.8) is 0 Å². The van der Waals surface area contributed by atoms with Crippen LogP contribution in [0.1, 0.15) is 37.2 Å². The number of fused-ring (bicyclic) bond motifs is 1. The maximum absolute atomic E-state index is 11.6. The molecule has 0 radical (unpaired) electrons. The summed E-state index contributed by atoms with van der Waals surface area (Å²) in [6, 6.07) is 4.11. The van der Waals surface area contributed by atoms with Crippen molar-refractivity contribution in [1.29, 1.82) is 0 Å². The Kier molecular flexibility index (Phi) is 5.79. The summed E-state index contributed by atoms with van der Waals surface area (Å²) in [7, 11) is 1.93. The molecule has 0 bridgehead atoms. The van der Waals surface area contributed by atoms with Crippen LogP contribution >= 0.6 is 0 Å². The highest BCUT2D eigenvalue weighted by molar-refractivity contribution is 7.88. The van der Waals surface area contributed by atoms with Crippen LogP contribution in [0.2, 0.25) is 0 Å². The van der Waals surface area contributed by atoms with Gasteiger partial charge in [-0.3, -0.25) is 4.90 Å². The summed E-state index contributed by atoms with van der Waals surface area (Å²) in [4.78, 5) is 2.41. The number of likely N-dealkylation sites (tertiary alicyclic amines) is 1. The SMILES string of the molecule is COC1CCC2(OC)CCN(Cc3ccc(CN(C)S(C)(=O)=O)o3)C2C1. The van der Waals surface area contributed by atoms with Gasteiger partial charge in [0.25, 0.3) is 0 Å². The monoisotopic (exact) mass is 386 g/mol. The highest BCUT2D eigenvalue weighted by atomic mass is 32.2. The molecule has 2 heterocycles. The lowest BCUT2D eigenvalue weighted by atomic mass is 9.79. The minimum atomic E-state index is -3.22. The summed E-state index contributed by atoms with van der Waals surface area (Å²) in [5.74, 6) is 1.51. The quantitative estimate of drug-likeness (QED) is 0.712. The Morgan fingerprint density at radius 3 is 2.69 bits per heavy atom. The second-order valence-electron chi connectivity index (χ2n) is 7.52. The van der Waals surface area contributed by atoms with E-state index in [4.69, 9.17) is 13.9 Å². The predicted molar refractivity (Wildman–Crippen MR) is 98.2 cm³/mol. The minimum absolute atomic E-state index is 0.0824.